The zero-order chi connectivity index (χ0) is 23.7. The molecule has 0 unspecified atom stereocenters. The SMILES string of the molecule is NCC(=O)OC(=O)CC[C@H](N)C(=O)OC(=O)[C@@H](N)Cc1cn(OC(=O)[C@@H]2CCCN2)cn1. The van der Waals surface area contributed by atoms with Crippen LogP contribution in [0.3, 0.4) is 0 Å². The molecule has 0 bridgehead atoms. The molecular formula is C18H26N6O8. The highest BCUT2D eigenvalue weighted by atomic mass is 16.7. The van der Waals surface area contributed by atoms with Gasteiger partial charge in [-0.05, 0) is 25.8 Å². The Kier molecular flexibility index (Phi) is 9.39. The minimum Gasteiger partial charge on any atom is -0.392 e. The monoisotopic (exact) mass is 454 g/mol. The molecule has 14 nitrogen and oxygen atoms in total. The summed E-state index contributed by atoms with van der Waals surface area (Å²) in [6, 6.07) is -2.93. The molecule has 176 valence electrons. The van der Waals surface area contributed by atoms with Crippen molar-refractivity contribution in [2.24, 2.45) is 17.2 Å². The first-order chi connectivity index (χ1) is 15.2. The number of aromatic nitrogens is 2. The van der Waals surface area contributed by atoms with Crippen molar-refractivity contribution >= 4 is 29.8 Å². The van der Waals surface area contributed by atoms with Gasteiger partial charge in [0, 0.05) is 12.8 Å². The van der Waals surface area contributed by atoms with E-state index in [9.17, 15) is 24.0 Å². The molecule has 1 aromatic rings. The van der Waals surface area contributed by atoms with Gasteiger partial charge >= 0.3 is 29.8 Å². The molecule has 1 aliphatic rings. The van der Waals surface area contributed by atoms with Gasteiger partial charge in [0.05, 0.1) is 18.4 Å². The van der Waals surface area contributed by atoms with E-state index < -0.39 is 48.5 Å². The maximum atomic E-state index is 12.0. The second kappa shape index (κ2) is 12.0. The van der Waals surface area contributed by atoms with E-state index in [-0.39, 0.29) is 25.3 Å². The fraction of sp³-hybridized carbons (Fsp3) is 0.556. The average Bonchev–Trinajstić information content (AvgIpc) is 3.44. The van der Waals surface area contributed by atoms with Crippen LogP contribution in [0.15, 0.2) is 12.5 Å². The van der Waals surface area contributed by atoms with E-state index >= 15 is 0 Å². The molecule has 14 heteroatoms. The van der Waals surface area contributed by atoms with Gasteiger partial charge in [-0.1, -0.05) is 0 Å². The van der Waals surface area contributed by atoms with Gasteiger partial charge in [-0.2, -0.15) is 4.73 Å². The summed E-state index contributed by atoms with van der Waals surface area (Å²) in [7, 11) is 0. The highest BCUT2D eigenvalue weighted by molar-refractivity contribution is 5.91. The van der Waals surface area contributed by atoms with Gasteiger partial charge in [0.25, 0.3) is 0 Å². The first-order valence-corrected chi connectivity index (χ1v) is 9.88. The number of nitrogens with one attached hydrogen (secondary N) is 1. The maximum absolute atomic E-state index is 12.0. The van der Waals surface area contributed by atoms with Gasteiger partial charge in [-0.15, -0.1) is 0 Å². The average molecular weight is 454 g/mol. The van der Waals surface area contributed by atoms with Crippen LogP contribution in [-0.2, 0) is 39.9 Å². The second-order valence-electron chi connectivity index (χ2n) is 7.03. The lowest BCUT2D eigenvalue weighted by Crippen LogP contribution is -2.41. The van der Waals surface area contributed by atoms with Crippen LogP contribution >= 0.6 is 0 Å². The molecule has 1 aliphatic heterocycles. The van der Waals surface area contributed by atoms with E-state index in [1.54, 1.807) is 0 Å². The van der Waals surface area contributed by atoms with Crippen molar-refractivity contribution in [3.8, 4) is 0 Å². The molecule has 0 aliphatic carbocycles. The van der Waals surface area contributed by atoms with Crippen molar-refractivity contribution < 1.29 is 38.3 Å². The van der Waals surface area contributed by atoms with Crippen LogP contribution in [0.4, 0.5) is 0 Å². The number of hydrogen-bond acceptors (Lipinski definition) is 13. The summed E-state index contributed by atoms with van der Waals surface area (Å²) in [6.07, 6.45) is 3.52. The third-order valence-corrected chi connectivity index (χ3v) is 4.44. The molecule has 2 heterocycles. The van der Waals surface area contributed by atoms with Gasteiger partial charge in [0.2, 0.25) is 0 Å². The van der Waals surface area contributed by atoms with Crippen molar-refractivity contribution in [2.45, 2.75) is 50.2 Å². The number of nitrogens with two attached hydrogens (primary N) is 3. The van der Waals surface area contributed by atoms with Crippen LogP contribution in [-0.4, -0.2) is 70.8 Å². The Balaban J connectivity index is 1.75. The fourth-order valence-corrected chi connectivity index (χ4v) is 2.72. The second-order valence-corrected chi connectivity index (χ2v) is 7.03. The molecule has 2 rings (SSSR count). The van der Waals surface area contributed by atoms with Gasteiger partial charge in [0.15, 0.2) is 0 Å². The Morgan fingerprint density at radius 1 is 1.12 bits per heavy atom. The highest BCUT2D eigenvalue weighted by Crippen LogP contribution is 2.07. The Morgan fingerprint density at radius 2 is 1.84 bits per heavy atom. The highest BCUT2D eigenvalue weighted by Gasteiger charge is 2.26. The summed E-state index contributed by atoms with van der Waals surface area (Å²) in [4.78, 5) is 67.3. The molecule has 0 aromatic carbocycles. The van der Waals surface area contributed by atoms with E-state index in [0.717, 1.165) is 17.7 Å². The third-order valence-electron chi connectivity index (χ3n) is 4.44. The van der Waals surface area contributed by atoms with Crippen LogP contribution in [0.5, 0.6) is 0 Å². The molecule has 0 spiro atoms. The Hall–Kier alpha value is -3.20. The number of carbonyl (C=O) groups is 5. The smallest absolute Gasteiger partial charge is 0.349 e. The lowest BCUT2D eigenvalue weighted by Gasteiger charge is -2.12. The van der Waals surface area contributed by atoms with Crippen LogP contribution in [0.2, 0.25) is 0 Å². The van der Waals surface area contributed by atoms with Gasteiger partial charge < -0.3 is 36.8 Å². The number of esters is 4. The number of imidazole rings is 1. The fourth-order valence-electron chi connectivity index (χ4n) is 2.72. The molecule has 1 fully saturated rings. The normalized spacial score (nSPS) is 17.3. The summed E-state index contributed by atoms with van der Waals surface area (Å²) >= 11 is 0. The molecule has 1 aromatic heterocycles. The van der Waals surface area contributed by atoms with Gasteiger partial charge in [-0.3, -0.25) is 9.59 Å². The predicted molar refractivity (Wildman–Crippen MR) is 105 cm³/mol. The Morgan fingerprint density at radius 3 is 2.50 bits per heavy atom. The third kappa shape index (κ3) is 7.81. The van der Waals surface area contributed by atoms with Crippen LogP contribution in [0, 0.1) is 0 Å². The summed E-state index contributed by atoms with van der Waals surface area (Å²) in [5.74, 6) is -4.42. The minimum atomic E-state index is -1.31. The first-order valence-electron chi connectivity index (χ1n) is 9.88. The predicted octanol–water partition coefficient (Wildman–Crippen LogP) is -3.33. The number of rotatable bonds is 10. The minimum absolute atomic E-state index is 0.0961. The molecule has 1 saturated heterocycles. The Labute approximate surface area is 182 Å². The standard InChI is InChI=1S/C18H26N6O8/c19-7-15(26)30-14(25)4-3-11(20)16(27)31-17(28)12(21)6-10-8-24(9-23-10)32-18(29)13-2-1-5-22-13/h8-9,11-13,22H,1-7,19-21H2/t11-,12-,13-/m0/s1. The molecule has 7 N–H and O–H groups in total. The number of nitrogens with zero attached hydrogens (tertiary/aromatic N) is 2. The molecular weight excluding hydrogens is 428 g/mol. The maximum Gasteiger partial charge on any atom is 0.349 e. The van der Waals surface area contributed by atoms with E-state index in [0.29, 0.717) is 12.1 Å². The number of carbonyl (C=O) groups excluding carboxylic acids is 5. The molecule has 3 atom stereocenters. The quantitative estimate of drug-likeness (QED) is 0.201. The van der Waals surface area contributed by atoms with Crippen LogP contribution < -0.4 is 27.4 Å². The largest absolute Gasteiger partial charge is 0.392 e. The van der Waals surface area contributed by atoms with Crippen molar-refractivity contribution in [3.63, 3.8) is 0 Å². The molecule has 0 radical (unpaired) electrons. The molecule has 32 heavy (non-hydrogen) atoms. The zero-order valence-electron chi connectivity index (χ0n) is 17.2. The lowest BCUT2D eigenvalue weighted by atomic mass is 10.1. The lowest BCUT2D eigenvalue weighted by molar-refractivity contribution is -0.161. The van der Waals surface area contributed by atoms with Crippen molar-refractivity contribution in [1.82, 2.24) is 15.0 Å². The van der Waals surface area contributed by atoms with Crippen molar-refractivity contribution in [3.05, 3.63) is 18.2 Å². The van der Waals surface area contributed by atoms with Crippen molar-refractivity contribution in [2.75, 3.05) is 13.1 Å². The Bertz CT molecular complexity index is 850. The summed E-state index contributed by atoms with van der Waals surface area (Å²) < 4.78 is 10.1. The van der Waals surface area contributed by atoms with E-state index in [4.69, 9.17) is 22.0 Å². The molecule has 0 amide bonds. The topological polar surface area (TPSA) is 221 Å². The van der Waals surface area contributed by atoms with Crippen LogP contribution in [0.1, 0.15) is 31.4 Å². The van der Waals surface area contributed by atoms with Crippen LogP contribution in [0.25, 0.3) is 0 Å². The summed E-state index contributed by atoms with van der Waals surface area (Å²) in [5, 5.41) is 3.01. The van der Waals surface area contributed by atoms with Gasteiger partial charge in [0.1, 0.15) is 24.5 Å². The van der Waals surface area contributed by atoms with E-state index in [2.05, 4.69) is 19.8 Å². The number of ether oxygens (including phenoxy) is 2. The van der Waals surface area contributed by atoms with Gasteiger partial charge in [-0.25, -0.2) is 19.4 Å². The number of hydrogen-bond donors (Lipinski definition) is 4. The van der Waals surface area contributed by atoms with Crippen molar-refractivity contribution in [1.29, 1.82) is 0 Å². The van der Waals surface area contributed by atoms with E-state index in [1.165, 1.54) is 12.5 Å². The first kappa shape index (κ1) is 25.1. The van der Waals surface area contributed by atoms with E-state index in [1.807, 2.05) is 0 Å². The zero-order valence-corrected chi connectivity index (χ0v) is 17.2. The molecule has 0 saturated carbocycles. The summed E-state index contributed by atoms with van der Waals surface area (Å²) in [5.41, 5.74) is 16.6. The summed E-state index contributed by atoms with van der Waals surface area (Å²) in [6.45, 7) is 0.275.